The molecule has 2 aliphatic rings. The van der Waals surface area contributed by atoms with E-state index in [0.717, 1.165) is 12.5 Å². The van der Waals surface area contributed by atoms with Crippen molar-refractivity contribution in [3.63, 3.8) is 0 Å². The number of carbonyl (C=O) groups is 1. The second-order valence-electron chi connectivity index (χ2n) is 8.04. The number of halogens is 3. The maximum absolute atomic E-state index is 14.7. The Labute approximate surface area is 179 Å². The third-order valence-electron chi connectivity index (χ3n) is 5.64. The van der Waals surface area contributed by atoms with Crippen molar-refractivity contribution < 1.29 is 26.4 Å². The molecule has 1 saturated heterocycles. The molecule has 170 valence electrons. The number of hydrogen-bond donors (Lipinski definition) is 2. The van der Waals surface area contributed by atoms with Crippen LogP contribution in [-0.4, -0.2) is 57.2 Å². The Hall–Kier alpha value is -2.32. The van der Waals surface area contributed by atoms with Gasteiger partial charge in [0, 0.05) is 26.2 Å². The van der Waals surface area contributed by atoms with Crippen molar-refractivity contribution in [3.05, 3.63) is 23.5 Å². The van der Waals surface area contributed by atoms with Crippen LogP contribution in [0.3, 0.4) is 0 Å². The lowest BCUT2D eigenvalue weighted by molar-refractivity contribution is -0.133. The van der Waals surface area contributed by atoms with Crippen molar-refractivity contribution in [2.45, 2.75) is 55.3 Å². The summed E-state index contributed by atoms with van der Waals surface area (Å²) < 4.78 is 68.9. The topological polar surface area (TPSA) is 102 Å². The predicted molar refractivity (Wildman–Crippen MR) is 108 cm³/mol. The highest BCUT2D eigenvalue weighted by molar-refractivity contribution is 7.90. The number of nitriles is 1. The molecular formula is C20H25F3N4O3S. The first kappa shape index (κ1) is 23.3. The average molecular weight is 459 g/mol. The Morgan fingerprint density at radius 1 is 1.26 bits per heavy atom. The Kier molecular flexibility index (Phi) is 7.11. The van der Waals surface area contributed by atoms with E-state index in [-0.39, 0.29) is 24.1 Å². The van der Waals surface area contributed by atoms with Gasteiger partial charge in [-0.2, -0.15) is 5.26 Å². The van der Waals surface area contributed by atoms with Gasteiger partial charge in [0.2, 0.25) is 0 Å². The number of nitrogens with one attached hydrogen (secondary N) is 2. The van der Waals surface area contributed by atoms with Gasteiger partial charge in [0.25, 0.3) is 15.9 Å². The summed E-state index contributed by atoms with van der Waals surface area (Å²) in [6, 6.07) is 3.37. The van der Waals surface area contributed by atoms with Crippen LogP contribution < -0.4 is 10.0 Å². The SMILES string of the molecule is N#Cc1cc(S(=O)(=O)NC(=O)C2(F)CCCCC2)cc(F)c1NCCCN1CC(F)C1. The van der Waals surface area contributed by atoms with Crippen LogP contribution in [0.5, 0.6) is 0 Å². The van der Waals surface area contributed by atoms with Crippen LogP contribution in [0, 0.1) is 17.1 Å². The minimum absolute atomic E-state index is 0.0710. The fourth-order valence-electron chi connectivity index (χ4n) is 3.82. The number of alkyl halides is 2. The van der Waals surface area contributed by atoms with Gasteiger partial charge in [-0.05, 0) is 44.2 Å². The van der Waals surface area contributed by atoms with E-state index in [1.54, 1.807) is 10.8 Å². The van der Waals surface area contributed by atoms with Gasteiger partial charge >= 0.3 is 0 Å². The van der Waals surface area contributed by atoms with Crippen LogP contribution in [0.1, 0.15) is 44.1 Å². The lowest BCUT2D eigenvalue weighted by atomic mass is 9.86. The third-order valence-corrected chi connectivity index (χ3v) is 6.95. The molecule has 1 aromatic carbocycles. The van der Waals surface area contributed by atoms with Gasteiger partial charge in [0.15, 0.2) is 5.67 Å². The van der Waals surface area contributed by atoms with Crippen molar-refractivity contribution in [1.29, 1.82) is 5.26 Å². The Balaban J connectivity index is 1.67. The van der Waals surface area contributed by atoms with Crippen molar-refractivity contribution in [3.8, 4) is 6.07 Å². The van der Waals surface area contributed by atoms with Crippen LogP contribution >= 0.6 is 0 Å². The van der Waals surface area contributed by atoms with Crippen LogP contribution in [0.4, 0.5) is 18.9 Å². The van der Waals surface area contributed by atoms with E-state index in [1.807, 2.05) is 4.90 Å². The van der Waals surface area contributed by atoms with Gasteiger partial charge in [-0.15, -0.1) is 0 Å². The quantitative estimate of drug-likeness (QED) is 0.581. The number of amides is 1. The van der Waals surface area contributed by atoms with Crippen molar-refractivity contribution >= 4 is 21.6 Å². The molecule has 11 heteroatoms. The number of hydrogen-bond acceptors (Lipinski definition) is 6. The summed E-state index contributed by atoms with van der Waals surface area (Å²) in [6.07, 6.45) is 1.34. The minimum atomic E-state index is -4.56. The van der Waals surface area contributed by atoms with Gasteiger partial charge in [-0.1, -0.05) is 6.42 Å². The second kappa shape index (κ2) is 9.44. The zero-order valence-corrected chi connectivity index (χ0v) is 17.8. The molecule has 31 heavy (non-hydrogen) atoms. The molecule has 1 saturated carbocycles. The number of sulfonamides is 1. The minimum Gasteiger partial charge on any atom is -0.382 e. The molecule has 0 bridgehead atoms. The molecule has 0 atom stereocenters. The van der Waals surface area contributed by atoms with Crippen LogP contribution in [0.25, 0.3) is 0 Å². The molecule has 7 nitrogen and oxygen atoms in total. The van der Waals surface area contributed by atoms with Crippen molar-refractivity contribution in [2.24, 2.45) is 0 Å². The van der Waals surface area contributed by atoms with Gasteiger partial charge in [-0.25, -0.2) is 26.3 Å². The average Bonchev–Trinajstić information content (AvgIpc) is 2.70. The molecule has 2 N–H and O–H groups in total. The summed E-state index contributed by atoms with van der Waals surface area (Å²) in [5, 5.41) is 12.1. The normalized spacial score (nSPS) is 19.3. The second-order valence-corrected chi connectivity index (χ2v) is 9.72. The molecule has 1 amide bonds. The van der Waals surface area contributed by atoms with E-state index in [2.05, 4.69) is 5.32 Å². The molecule has 1 aliphatic carbocycles. The van der Waals surface area contributed by atoms with Gasteiger partial charge < -0.3 is 5.32 Å². The molecule has 0 aromatic heterocycles. The fraction of sp³-hybridized carbons (Fsp3) is 0.600. The summed E-state index contributed by atoms with van der Waals surface area (Å²) in [5.41, 5.74) is -2.69. The standard InChI is InChI=1S/C20H25F3N4O3S/c21-15-12-27(13-15)8-4-7-25-18-14(11-24)9-16(10-17(18)22)31(29,30)26-19(28)20(23)5-2-1-3-6-20/h9-10,15,25H,1-8,12-13H2,(H,26,28). The van der Waals surface area contributed by atoms with Crippen molar-refractivity contribution in [1.82, 2.24) is 9.62 Å². The lowest BCUT2D eigenvalue weighted by Crippen LogP contribution is -2.48. The fourth-order valence-corrected chi connectivity index (χ4v) is 4.90. The van der Waals surface area contributed by atoms with Crippen LogP contribution in [0.2, 0.25) is 0 Å². The number of nitrogens with zero attached hydrogens (tertiary/aromatic N) is 2. The maximum Gasteiger partial charge on any atom is 0.271 e. The molecular weight excluding hydrogens is 433 g/mol. The first-order chi connectivity index (χ1) is 14.6. The van der Waals surface area contributed by atoms with E-state index >= 15 is 0 Å². The van der Waals surface area contributed by atoms with Crippen LogP contribution in [-0.2, 0) is 14.8 Å². The number of rotatable bonds is 8. The molecule has 1 aromatic rings. The zero-order valence-electron chi connectivity index (χ0n) is 17.0. The summed E-state index contributed by atoms with van der Waals surface area (Å²) in [5.74, 6) is -2.25. The number of benzene rings is 1. The molecule has 0 radical (unpaired) electrons. The Morgan fingerprint density at radius 3 is 2.55 bits per heavy atom. The van der Waals surface area contributed by atoms with Crippen molar-refractivity contribution in [2.75, 3.05) is 31.5 Å². The molecule has 0 spiro atoms. The number of anilines is 1. The Bertz CT molecular complexity index is 969. The van der Waals surface area contributed by atoms with E-state index < -0.39 is 38.5 Å². The highest BCUT2D eigenvalue weighted by Crippen LogP contribution is 2.32. The molecule has 1 heterocycles. The largest absolute Gasteiger partial charge is 0.382 e. The predicted octanol–water partition coefficient (Wildman–Crippen LogP) is 2.63. The molecule has 1 aliphatic heterocycles. The number of likely N-dealkylation sites (tertiary alicyclic amines) is 1. The van der Waals surface area contributed by atoms with Gasteiger partial charge in [0.05, 0.1) is 16.1 Å². The highest BCUT2D eigenvalue weighted by Gasteiger charge is 2.41. The molecule has 0 unspecified atom stereocenters. The summed E-state index contributed by atoms with van der Waals surface area (Å²) in [6.45, 7) is 1.65. The summed E-state index contributed by atoms with van der Waals surface area (Å²) in [7, 11) is -4.56. The first-order valence-corrected chi connectivity index (χ1v) is 11.7. The smallest absolute Gasteiger partial charge is 0.271 e. The third kappa shape index (κ3) is 5.49. The van der Waals surface area contributed by atoms with Crippen LogP contribution in [0.15, 0.2) is 17.0 Å². The van der Waals surface area contributed by atoms with E-state index in [1.165, 1.54) is 0 Å². The van der Waals surface area contributed by atoms with E-state index in [0.29, 0.717) is 51.5 Å². The molecule has 3 rings (SSSR count). The van der Waals surface area contributed by atoms with Gasteiger partial charge in [-0.3, -0.25) is 9.69 Å². The van der Waals surface area contributed by atoms with Gasteiger partial charge in [0.1, 0.15) is 18.1 Å². The summed E-state index contributed by atoms with van der Waals surface area (Å²) in [4.78, 5) is 13.5. The zero-order chi connectivity index (χ0) is 22.6. The monoisotopic (exact) mass is 458 g/mol. The first-order valence-electron chi connectivity index (χ1n) is 10.2. The Morgan fingerprint density at radius 2 is 1.94 bits per heavy atom. The summed E-state index contributed by atoms with van der Waals surface area (Å²) >= 11 is 0. The van der Waals surface area contributed by atoms with E-state index in [4.69, 9.17) is 0 Å². The highest BCUT2D eigenvalue weighted by atomic mass is 32.2. The lowest BCUT2D eigenvalue weighted by Gasteiger charge is -2.34. The molecule has 2 fully saturated rings. The number of carbonyl (C=O) groups excluding carboxylic acids is 1. The van der Waals surface area contributed by atoms with E-state index in [9.17, 15) is 31.6 Å². The maximum atomic E-state index is 14.7.